The Bertz CT molecular complexity index is 718. The molecule has 0 radical (unpaired) electrons. The number of ether oxygens (including phenoxy) is 2. The summed E-state index contributed by atoms with van der Waals surface area (Å²) in [6, 6.07) is 10.8. The van der Waals surface area contributed by atoms with Crippen molar-refractivity contribution in [2.75, 3.05) is 13.2 Å². The number of hydrogen-bond acceptors (Lipinski definition) is 5. The number of aliphatic hydroxyl groups is 1. The van der Waals surface area contributed by atoms with Crippen LogP contribution in [0.1, 0.15) is 28.0 Å². The topological polar surface area (TPSA) is 80.7 Å². The van der Waals surface area contributed by atoms with Crippen LogP contribution in [0.3, 0.4) is 0 Å². The van der Waals surface area contributed by atoms with Crippen LogP contribution in [0, 0.1) is 6.92 Å². The highest BCUT2D eigenvalue weighted by atomic mass is 16.5. The first kappa shape index (κ1) is 17.4. The molecule has 3 rings (SSSR count). The van der Waals surface area contributed by atoms with Gasteiger partial charge in [-0.25, -0.2) is 0 Å². The van der Waals surface area contributed by atoms with Gasteiger partial charge in [0.2, 0.25) is 0 Å². The largest absolute Gasteiger partial charge is 0.486 e. The Balaban J connectivity index is 1.68. The van der Waals surface area contributed by atoms with Crippen molar-refractivity contribution in [3.05, 3.63) is 59.4 Å². The van der Waals surface area contributed by atoms with Crippen molar-refractivity contribution in [3.8, 4) is 5.75 Å². The van der Waals surface area contributed by atoms with Crippen LogP contribution in [0.25, 0.3) is 0 Å². The summed E-state index contributed by atoms with van der Waals surface area (Å²) in [6.07, 6.45) is 2.02. The first-order valence-electron chi connectivity index (χ1n) is 8.34. The van der Waals surface area contributed by atoms with E-state index in [2.05, 4.69) is 10.3 Å². The van der Waals surface area contributed by atoms with Gasteiger partial charge in [-0.3, -0.25) is 9.78 Å². The number of aryl methyl sites for hydroxylation is 1. The van der Waals surface area contributed by atoms with Crippen molar-refractivity contribution < 1.29 is 19.4 Å². The summed E-state index contributed by atoms with van der Waals surface area (Å²) >= 11 is 0. The number of carbonyl (C=O) groups excluding carboxylic acids is 1. The zero-order chi connectivity index (χ0) is 17.6. The molecule has 6 nitrogen and oxygen atoms in total. The van der Waals surface area contributed by atoms with Crippen molar-refractivity contribution in [2.24, 2.45) is 0 Å². The predicted octanol–water partition coefficient (Wildman–Crippen LogP) is 1.85. The molecule has 0 bridgehead atoms. The standard InChI is InChI=1S/C19H22N2O4/c1-13-3-2-9-20-18(13)19(23)21-16-8-10-24-12-17(16)25-15-6-4-14(11-22)5-7-15/h2-7,9,16-17,22H,8,10-12H2,1H3,(H,21,23). The highest BCUT2D eigenvalue weighted by Crippen LogP contribution is 2.19. The number of benzene rings is 1. The Morgan fingerprint density at radius 1 is 1.36 bits per heavy atom. The van der Waals surface area contributed by atoms with Crippen molar-refractivity contribution in [2.45, 2.75) is 32.1 Å². The van der Waals surface area contributed by atoms with E-state index < -0.39 is 0 Å². The lowest BCUT2D eigenvalue weighted by Gasteiger charge is -2.32. The third-order valence-corrected chi connectivity index (χ3v) is 4.24. The second-order valence-corrected chi connectivity index (χ2v) is 6.07. The van der Waals surface area contributed by atoms with E-state index in [1.165, 1.54) is 0 Å². The second-order valence-electron chi connectivity index (χ2n) is 6.07. The van der Waals surface area contributed by atoms with Crippen molar-refractivity contribution >= 4 is 5.91 Å². The molecule has 1 aromatic carbocycles. The van der Waals surface area contributed by atoms with E-state index in [0.717, 1.165) is 11.1 Å². The number of hydrogen-bond donors (Lipinski definition) is 2. The lowest BCUT2D eigenvalue weighted by atomic mass is 10.1. The molecule has 2 N–H and O–H groups in total. The predicted molar refractivity (Wildman–Crippen MR) is 92.4 cm³/mol. The summed E-state index contributed by atoms with van der Waals surface area (Å²) in [5, 5.41) is 12.1. The minimum atomic E-state index is -0.276. The maximum atomic E-state index is 12.5. The van der Waals surface area contributed by atoms with Gasteiger partial charge in [-0.2, -0.15) is 0 Å². The summed E-state index contributed by atoms with van der Waals surface area (Å²) < 4.78 is 11.5. The molecule has 1 aromatic heterocycles. The average Bonchev–Trinajstić information content (AvgIpc) is 2.64. The molecule has 6 heteroatoms. The summed E-state index contributed by atoms with van der Waals surface area (Å²) in [6.45, 7) is 2.85. The number of aliphatic hydroxyl groups excluding tert-OH is 1. The fraction of sp³-hybridized carbons (Fsp3) is 0.368. The van der Waals surface area contributed by atoms with Crippen LogP contribution in [0.2, 0.25) is 0 Å². The first-order chi connectivity index (χ1) is 12.2. The van der Waals surface area contributed by atoms with Crippen LogP contribution < -0.4 is 10.1 Å². The molecule has 0 aliphatic carbocycles. The second kappa shape index (κ2) is 8.09. The molecule has 2 heterocycles. The smallest absolute Gasteiger partial charge is 0.270 e. The third-order valence-electron chi connectivity index (χ3n) is 4.24. The highest BCUT2D eigenvalue weighted by Gasteiger charge is 2.29. The quantitative estimate of drug-likeness (QED) is 0.867. The molecular weight excluding hydrogens is 320 g/mol. The average molecular weight is 342 g/mol. The van der Waals surface area contributed by atoms with Gasteiger partial charge in [-0.15, -0.1) is 0 Å². The highest BCUT2D eigenvalue weighted by molar-refractivity contribution is 5.93. The zero-order valence-corrected chi connectivity index (χ0v) is 14.1. The van der Waals surface area contributed by atoms with Crippen LogP contribution in [-0.2, 0) is 11.3 Å². The van der Waals surface area contributed by atoms with Gasteiger partial charge in [0.1, 0.15) is 17.5 Å². The Hall–Kier alpha value is -2.44. The van der Waals surface area contributed by atoms with Gasteiger partial charge in [0, 0.05) is 12.8 Å². The summed E-state index contributed by atoms with van der Waals surface area (Å²) in [4.78, 5) is 16.7. The van der Waals surface area contributed by atoms with Crippen LogP contribution in [0.4, 0.5) is 0 Å². The molecule has 1 aliphatic rings. The number of rotatable bonds is 5. The van der Waals surface area contributed by atoms with E-state index in [4.69, 9.17) is 14.6 Å². The van der Waals surface area contributed by atoms with Gasteiger partial charge in [-0.05, 0) is 42.7 Å². The lowest BCUT2D eigenvalue weighted by molar-refractivity contribution is -0.0135. The van der Waals surface area contributed by atoms with E-state index >= 15 is 0 Å². The fourth-order valence-corrected chi connectivity index (χ4v) is 2.80. The number of carbonyl (C=O) groups is 1. The molecule has 2 unspecified atom stereocenters. The normalized spacial score (nSPS) is 20.1. The molecule has 2 atom stereocenters. The minimum Gasteiger partial charge on any atom is -0.486 e. The van der Waals surface area contributed by atoms with E-state index in [-0.39, 0.29) is 24.7 Å². The minimum absolute atomic E-state index is 0.00503. The Kier molecular flexibility index (Phi) is 5.63. The van der Waals surface area contributed by atoms with E-state index in [9.17, 15) is 4.79 Å². The van der Waals surface area contributed by atoms with Crippen molar-refractivity contribution in [1.29, 1.82) is 0 Å². The first-order valence-corrected chi connectivity index (χ1v) is 8.34. The molecule has 1 fully saturated rings. The Labute approximate surface area is 146 Å². The van der Waals surface area contributed by atoms with Gasteiger partial charge in [0.05, 0.1) is 19.3 Å². The third kappa shape index (κ3) is 4.35. The number of pyridine rings is 1. The van der Waals surface area contributed by atoms with Crippen LogP contribution in [0.15, 0.2) is 42.6 Å². The van der Waals surface area contributed by atoms with Crippen LogP contribution in [-0.4, -0.2) is 41.4 Å². The molecule has 0 spiro atoms. The van der Waals surface area contributed by atoms with Gasteiger partial charge >= 0.3 is 0 Å². The molecule has 1 amide bonds. The lowest BCUT2D eigenvalue weighted by Crippen LogP contribution is -2.51. The number of amides is 1. The van der Waals surface area contributed by atoms with Crippen LogP contribution >= 0.6 is 0 Å². The molecule has 2 aromatic rings. The maximum Gasteiger partial charge on any atom is 0.270 e. The fourth-order valence-electron chi connectivity index (χ4n) is 2.80. The van der Waals surface area contributed by atoms with E-state index in [1.807, 2.05) is 43.3 Å². The number of nitrogens with zero attached hydrogens (tertiary/aromatic N) is 1. The van der Waals surface area contributed by atoms with E-state index in [1.54, 1.807) is 6.20 Å². The summed E-state index contributed by atoms with van der Waals surface area (Å²) in [5.41, 5.74) is 2.09. The van der Waals surface area contributed by atoms with Crippen LogP contribution in [0.5, 0.6) is 5.75 Å². The zero-order valence-electron chi connectivity index (χ0n) is 14.1. The number of aromatic nitrogens is 1. The molecule has 1 saturated heterocycles. The molecule has 1 aliphatic heterocycles. The van der Waals surface area contributed by atoms with Gasteiger partial charge in [0.15, 0.2) is 0 Å². The van der Waals surface area contributed by atoms with E-state index in [0.29, 0.717) is 31.1 Å². The Morgan fingerprint density at radius 2 is 2.16 bits per heavy atom. The molecule has 0 saturated carbocycles. The van der Waals surface area contributed by atoms with Gasteiger partial charge in [-0.1, -0.05) is 18.2 Å². The van der Waals surface area contributed by atoms with Gasteiger partial charge < -0.3 is 19.9 Å². The summed E-state index contributed by atoms with van der Waals surface area (Å²) in [5.74, 6) is 0.482. The van der Waals surface area contributed by atoms with Crippen molar-refractivity contribution in [3.63, 3.8) is 0 Å². The summed E-state index contributed by atoms with van der Waals surface area (Å²) in [7, 11) is 0. The van der Waals surface area contributed by atoms with Gasteiger partial charge in [0.25, 0.3) is 5.91 Å². The molecular formula is C19H22N2O4. The maximum absolute atomic E-state index is 12.5. The van der Waals surface area contributed by atoms with Crippen molar-refractivity contribution in [1.82, 2.24) is 10.3 Å². The molecule has 25 heavy (non-hydrogen) atoms. The monoisotopic (exact) mass is 342 g/mol. The SMILES string of the molecule is Cc1cccnc1C(=O)NC1CCOCC1Oc1ccc(CO)cc1. The number of nitrogens with one attached hydrogen (secondary N) is 1. The Morgan fingerprint density at radius 3 is 2.88 bits per heavy atom. The molecule has 132 valence electrons.